The van der Waals surface area contributed by atoms with Crippen molar-refractivity contribution in [3.8, 4) is 0 Å². The summed E-state index contributed by atoms with van der Waals surface area (Å²) < 4.78 is 28.0. The Balaban J connectivity index is 2.07. The van der Waals surface area contributed by atoms with Crippen molar-refractivity contribution in [1.29, 1.82) is 0 Å². The molecule has 0 aromatic heterocycles. The van der Waals surface area contributed by atoms with Gasteiger partial charge >= 0.3 is 5.97 Å². The molecule has 0 spiro atoms. The molecule has 0 N–H and O–H groups in total. The van der Waals surface area contributed by atoms with Crippen LogP contribution in [0.3, 0.4) is 0 Å². The maximum absolute atomic E-state index is 11.6. The Morgan fingerprint density at radius 1 is 1.19 bits per heavy atom. The second-order valence-corrected chi connectivity index (χ2v) is 7.61. The molecular formula is C15H21NO4S. The van der Waals surface area contributed by atoms with E-state index in [2.05, 4.69) is 4.90 Å². The highest BCUT2D eigenvalue weighted by Gasteiger charge is 2.20. The summed E-state index contributed by atoms with van der Waals surface area (Å²) >= 11 is 0. The van der Waals surface area contributed by atoms with Crippen molar-refractivity contribution < 1.29 is 17.9 Å². The summed E-state index contributed by atoms with van der Waals surface area (Å²) in [6.07, 6.45) is 0.917. The second kappa shape index (κ2) is 7.04. The molecule has 5 nitrogen and oxygen atoms in total. The maximum Gasteiger partial charge on any atom is 0.309 e. The molecule has 1 aliphatic rings. The number of methoxy groups -OCH3 is 1. The summed E-state index contributed by atoms with van der Waals surface area (Å²) in [4.78, 5) is 13.6. The van der Waals surface area contributed by atoms with Crippen LogP contribution in [0.4, 0.5) is 0 Å². The van der Waals surface area contributed by atoms with Crippen molar-refractivity contribution in [3.63, 3.8) is 0 Å². The molecule has 1 heterocycles. The standard InChI is InChI=1S/C15H21NO4S/c1-20-15(17)11-13-5-2-3-6-14(13)12-16-7-4-9-21(18,19)10-8-16/h2-3,5-6H,4,7-12H2,1H3. The van der Waals surface area contributed by atoms with Crippen molar-refractivity contribution in [3.05, 3.63) is 35.4 Å². The monoisotopic (exact) mass is 311 g/mol. The van der Waals surface area contributed by atoms with Gasteiger partial charge in [-0.05, 0) is 24.1 Å². The number of benzene rings is 1. The summed E-state index contributed by atoms with van der Waals surface area (Å²) in [5.74, 6) is 0.223. The van der Waals surface area contributed by atoms with Gasteiger partial charge in [0.05, 0.1) is 25.0 Å². The van der Waals surface area contributed by atoms with E-state index in [1.165, 1.54) is 7.11 Å². The third-order valence-corrected chi connectivity index (χ3v) is 5.44. The lowest BCUT2D eigenvalue weighted by molar-refractivity contribution is -0.139. The minimum atomic E-state index is -2.89. The maximum atomic E-state index is 11.6. The van der Waals surface area contributed by atoms with Gasteiger partial charge in [0.25, 0.3) is 0 Å². The van der Waals surface area contributed by atoms with Gasteiger partial charge in [-0.3, -0.25) is 9.69 Å². The minimum absolute atomic E-state index is 0.214. The number of esters is 1. The topological polar surface area (TPSA) is 63.7 Å². The Labute approximate surface area is 125 Å². The molecule has 0 radical (unpaired) electrons. The van der Waals surface area contributed by atoms with E-state index in [9.17, 15) is 13.2 Å². The van der Waals surface area contributed by atoms with E-state index in [0.717, 1.165) is 17.7 Å². The summed E-state index contributed by atoms with van der Waals surface area (Å²) in [6, 6.07) is 7.73. The molecule has 0 aliphatic carbocycles. The zero-order chi connectivity index (χ0) is 15.3. The average molecular weight is 311 g/mol. The molecule has 116 valence electrons. The highest BCUT2D eigenvalue weighted by atomic mass is 32.2. The lowest BCUT2D eigenvalue weighted by Gasteiger charge is -2.20. The van der Waals surface area contributed by atoms with E-state index in [4.69, 9.17) is 4.74 Å². The second-order valence-electron chi connectivity index (χ2n) is 5.30. The SMILES string of the molecule is COC(=O)Cc1ccccc1CN1CCCS(=O)(=O)CC1. The van der Waals surface area contributed by atoms with Gasteiger partial charge in [-0.2, -0.15) is 0 Å². The molecule has 2 rings (SSSR count). The molecule has 1 aliphatic heterocycles. The van der Waals surface area contributed by atoms with E-state index >= 15 is 0 Å². The molecule has 1 saturated heterocycles. The van der Waals surface area contributed by atoms with Crippen LogP contribution < -0.4 is 0 Å². The smallest absolute Gasteiger partial charge is 0.309 e. The normalized spacial score (nSPS) is 18.9. The molecule has 6 heteroatoms. The summed E-state index contributed by atoms with van der Waals surface area (Å²) in [7, 11) is -1.51. The molecule has 0 atom stereocenters. The van der Waals surface area contributed by atoms with E-state index in [-0.39, 0.29) is 23.9 Å². The number of sulfone groups is 1. The fraction of sp³-hybridized carbons (Fsp3) is 0.533. The van der Waals surface area contributed by atoms with Gasteiger partial charge in [-0.25, -0.2) is 8.42 Å². The van der Waals surface area contributed by atoms with Crippen molar-refractivity contribution in [1.82, 2.24) is 4.90 Å². The first kappa shape index (κ1) is 16.0. The average Bonchev–Trinajstić information content (AvgIpc) is 2.62. The highest BCUT2D eigenvalue weighted by Crippen LogP contribution is 2.15. The van der Waals surface area contributed by atoms with Gasteiger partial charge in [0.2, 0.25) is 0 Å². The Morgan fingerprint density at radius 3 is 2.62 bits per heavy atom. The van der Waals surface area contributed by atoms with Gasteiger partial charge in [0.15, 0.2) is 9.84 Å². The largest absolute Gasteiger partial charge is 0.469 e. The van der Waals surface area contributed by atoms with Crippen LogP contribution in [0.5, 0.6) is 0 Å². The first-order valence-electron chi connectivity index (χ1n) is 7.06. The van der Waals surface area contributed by atoms with Crippen LogP contribution in [0.15, 0.2) is 24.3 Å². The fourth-order valence-corrected chi connectivity index (χ4v) is 3.81. The molecule has 0 saturated carbocycles. The molecule has 0 bridgehead atoms. The molecule has 0 unspecified atom stereocenters. The quantitative estimate of drug-likeness (QED) is 0.777. The zero-order valence-electron chi connectivity index (χ0n) is 12.2. The third kappa shape index (κ3) is 4.82. The zero-order valence-corrected chi connectivity index (χ0v) is 13.1. The Kier molecular flexibility index (Phi) is 5.36. The summed E-state index contributed by atoms with van der Waals surface area (Å²) in [5, 5.41) is 0. The van der Waals surface area contributed by atoms with E-state index in [0.29, 0.717) is 19.5 Å². The van der Waals surface area contributed by atoms with Crippen LogP contribution >= 0.6 is 0 Å². The molecule has 0 amide bonds. The van der Waals surface area contributed by atoms with Gasteiger partial charge in [-0.15, -0.1) is 0 Å². The first-order chi connectivity index (χ1) is 10.00. The van der Waals surface area contributed by atoms with Gasteiger partial charge in [0, 0.05) is 13.1 Å². The highest BCUT2D eigenvalue weighted by molar-refractivity contribution is 7.91. The molecular weight excluding hydrogens is 290 g/mol. The summed E-state index contributed by atoms with van der Waals surface area (Å²) in [6.45, 7) is 1.99. The van der Waals surface area contributed by atoms with Crippen molar-refractivity contribution in [2.24, 2.45) is 0 Å². The number of carbonyl (C=O) groups is 1. The van der Waals surface area contributed by atoms with E-state index < -0.39 is 9.84 Å². The van der Waals surface area contributed by atoms with Crippen LogP contribution in [0.2, 0.25) is 0 Å². The Bertz CT molecular complexity index is 597. The Hall–Kier alpha value is -1.40. The minimum Gasteiger partial charge on any atom is -0.469 e. The van der Waals surface area contributed by atoms with Gasteiger partial charge in [-0.1, -0.05) is 24.3 Å². The van der Waals surface area contributed by atoms with Crippen LogP contribution in [0.1, 0.15) is 17.5 Å². The molecule has 1 aromatic rings. The number of nitrogens with zero attached hydrogens (tertiary/aromatic N) is 1. The lowest BCUT2D eigenvalue weighted by Crippen LogP contribution is -2.27. The fourth-order valence-electron chi connectivity index (χ4n) is 2.50. The molecule has 1 aromatic carbocycles. The van der Waals surface area contributed by atoms with E-state index in [1.54, 1.807) is 0 Å². The lowest BCUT2D eigenvalue weighted by atomic mass is 10.0. The van der Waals surface area contributed by atoms with Crippen molar-refractivity contribution >= 4 is 15.8 Å². The number of carbonyl (C=O) groups excluding carboxylic acids is 1. The van der Waals surface area contributed by atoms with Crippen molar-refractivity contribution in [2.75, 3.05) is 31.7 Å². The summed E-state index contributed by atoms with van der Waals surface area (Å²) in [5.41, 5.74) is 2.00. The molecule has 21 heavy (non-hydrogen) atoms. The van der Waals surface area contributed by atoms with Crippen LogP contribution in [-0.4, -0.2) is 51.0 Å². The van der Waals surface area contributed by atoms with Crippen LogP contribution in [0, 0.1) is 0 Å². The van der Waals surface area contributed by atoms with Gasteiger partial charge < -0.3 is 4.74 Å². The number of rotatable bonds is 4. The predicted molar refractivity (Wildman–Crippen MR) is 80.7 cm³/mol. The number of ether oxygens (including phenoxy) is 1. The van der Waals surface area contributed by atoms with Gasteiger partial charge in [0.1, 0.15) is 0 Å². The predicted octanol–water partition coefficient (Wildman–Crippen LogP) is 1.02. The van der Waals surface area contributed by atoms with Crippen LogP contribution in [-0.2, 0) is 32.3 Å². The van der Waals surface area contributed by atoms with E-state index in [1.807, 2.05) is 24.3 Å². The van der Waals surface area contributed by atoms with Crippen molar-refractivity contribution in [2.45, 2.75) is 19.4 Å². The third-order valence-electron chi connectivity index (χ3n) is 3.72. The van der Waals surface area contributed by atoms with Crippen LogP contribution in [0.25, 0.3) is 0 Å². The molecule has 1 fully saturated rings. The Morgan fingerprint density at radius 2 is 1.90 bits per heavy atom. The number of hydrogen-bond donors (Lipinski definition) is 0. The first-order valence-corrected chi connectivity index (χ1v) is 8.89. The number of hydrogen-bond acceptors (Lipinski definition) is 5.